The van der Waals surface area contributed by atoms with Crippen LogP contribution in [0.15, 0.2) is 72.9 Å². The van der Waals surface area contributed by atoms with Crippen molar-refractivity contribution >= 4 is 23.3 Å². The summed E-state index contributed by atoms with van der Waals surface area (Å²) >= 11 is 0. The first-order valence-corrected chi connectivity index (χ1v) is 12.1. The molecule has 2 aliphatic rings. The van der Waals surface area contributed by atoms with Crippen LogP contribution in [-0.2, 0) is 9.59 Å². The Bertz CT molecular complexity index is 1190. The number of hydrogen-bond acceptors (Lipinski definition) is 6. The van der Waals surface area contributed by atoms with Gasteiger partial charge in [0.15, 0.2) is 0 Å². The molecule has 0 unspecified atom stereocenters. The highest BCUT2D eigenvalue weighted by Gasteiger charge is 2.46. The summed E-state index contributed by atoms with van der Waals surface area (Å²) in [6.07, 6.45) is 1.95. The van der Waals surface area contributed by atoms with Gasteiger partial charge in [0.25, 0.3) is 0 Å². The van der Waals surface area contributed by atoms with E-state index in [1.807, 2.05) is 71.6 Å². The molecule has 1 aromatic heterocycles. The molecular formula is C28H30N4O4. The van der Waals surface area contributed by atoms with E-state index in [0.29, 0.717) is 31.9 Å². The first-order valence-electron chi connectivity index (χ1n) is 12.1. The highest BCUT2D eigenvalue weighted by Crippen LogP contribution is 2.43. The summed E-state index contributed by atoms with van der Waals surface area (Å²) < 4.78 is 10.6. The van der Waals surface area contributed by atoms with Crippen molar-refractivity contribution in [3.05, 3.63) is 78.5 Å². The molecular weight excluding hydrogens is 456 g/mol. The first kappa shape index (κ1) is 23.7. The third-order valence-electron chi connectivity index (χ3n) is 7.01. The van der Waals surface area contributed by atoms with E-state index < -0.39 is 12.0 Å². The van der Waals surface area contributed by atoms with Gasteiger partial charge in [0.05, 0.1) is 26.2 Å². The predicted molar refractivity (Wildman–Crippen MR) is 137 cm³/mol. The van der Waals surface area contributed by atoms with Crippen molar-refractivity contribution in [2.45, 2.75) is 12.5 Å². The molecule has 2 aliphatic heterocycles. The zero-order valence-electron chi connectivity index (χ0n) is 20.5. The predicted octanol–water partition coefficient (Wildman–Crippen LogP) is 3.54. The van der Waals surface area contributed by atoms with Crippen LogP contribution in [0.5, 0.6) is 11.5 Å². The van der Waals surface area contributed by atoms with E-state index in [-0.39, 0.29) is 18.2 Å². The fraction of sp³-hybridized carbons (Fsp3) is 0.321. The lowest BCUT2D eigenvalue weighted by atomic mass is 9.91. The second-order valence-electron chi connectivity index (χ2n) is 8.99. The van der Waals surface area contributed by atoms with Gasteiger partial charge < -0.3 is 24.2 Å². The van der Waals surface area contributed by atoms with Crippen LogP contribution in [0.2, 0.25) is 0 Å². The Morgan fingerprint density at radius 2 is 1.50 bits per heavy atom. The molecule has 0 N–H and O–H groups in total. The van der Waals surface area contributed by atoms with Crippen molar-refractivity contribution in [1.82, 2.24) is 9.88 Å². The molecule has 3 heterocycles. The van der Waals surface area contributed by atoms with Gasteiger partial charge in [0, 0.05) is 44.5 Å². The van der Waals surface area contributed by atoms with Crippen LogP contribution in [0.3, 0.4) is 0 Å². The minimum atomic E-state index is -0.477. The number of piperazine rings is 1. The number of ether oxygens (including phenoxy) is 2. The fourth-order valence-electron chi connectivity index (χ4n) is 5.12. The highest BCUT2D eigenvalue weighted by atomic mass is 16.5. The largest absolute Gasteiger partial charge is 0.497 e. The van der Waals surface area contributed by atoms with Crippen LogP contribution in [0, 0.1) is 5.92 Å². The number of aromatic nitrogens is 1. The summed E-state index contributed by atoms with van der Waals surface area (Å²) in [5, 5.41) is 0. The minimum Gasteiger partial charge on any atom is -0.497 e. The second kappa shape index (κ2) is 10.3. The number of carbonyl (C=O) groups excluding carboxylic acids is 2. The van der Waals surface area contributed by atoms with Crippen molar-refractivity contribution in [3.63, 3.8) is 0 Å². The number of methoxy groups -OCH3 is 2. The van der Waals surface area contributed by atoms with Crippen molar-refractivity contribution in [2.24, 2.45) is 5.92 Å². The molecule has 0 spiro atoms. The Hall–Kier alpha value is -4.07. The zero-order chi connectivity index (χ0) is 25.1. The number of hydrogen-bond donors (Lipinski definition) is 0. The van der Waals surface area contributed by atoms with E-state index in [1.165, 1.54) is 0 Å². The van der Waals surface area contributed by atoms with E-state index in [9.17, 15) is 9.59 Å². The Morgan fingerprint density at radius 3 is 2.08 bits per heavy atom. The highest BCUT2D eigenvalue weighted by molar-refractivity contribution is 6.01. The zero-order valence-corrected chi connectivity index (χ0v) is 20.5. The van der Waals surface area contributed by atoms with Crippen LogP contribution in [-0.4, -0.2) is 62.1 Å². The van der Waals surface area contributed by atoms with Gasteiger partial charge in [-0.15, -0.1) is 0 Å². The number of pyridine rings is 1. The molecule has 186 valence electrons. The van der Waals surface area contributed by atoms with Crippen molar-refractivity contribution in [1.29, 1.82) is 0 Å². The average molecular weight is 487 g/mol. The number of anilines is 2. The van der Waals surface area contributed by atoms with Gasteiger partial charge in [0.1, 0.15) is 17.3 Å². The molecule has 8 heteroatoms. The van der Waals surface area contributed by atoms with Gasteiger partial charge in [-0.3, -0.25) is 9.59 Å². The fourth-order valence-corrected chi connectivity index (χ4v) is 5.12. The van der Waals surface area contributed by atoms with Gasteiger partial charge in [-0.2, -0.15) is 0 Å². The Balaban J connectivity index is 1.40. The molecule has 0 aliphatic carbocycles. The molecule has 0 radical (unpaired) electrons. The number of rotatable bonds is 6. The number of carbonyl (C=O) groups is 2. The summed E-state index contributed by atoms with van der Waals surface area (Å²) in [7, 11) is 3.23. The molecule has 5 rings (SSSR count). The normalized spacial score (nSPS) is 19.9. The van der Waals surface area contributed by atoms with Crippen LogP contribution in [0.1, 0.15) is 18.0 Å². The van der Waals surface area contributed by atoms with Crippen molar-refractivity contribution < 1.29 is 19.1 Å². The lowest BCUT2D eigenvalue weighted by molar-refractivity contribution is -0.136. The first-order chi connectivity index (χ1) is 17.6. The third-order valence-corrected chi connectivity index (χ3v) is 7.01. The quantitative estimate of drug-likeness (QED) is 0.531. The minimum absolute atomic E-state index is 0.0147. The summed E-state index contributed by atoms with van der Waals surface area (Å²) in [4.78, 5) is 37.5. The molecule has 2 amide bonds. The van der Waals surface area contributed by atoms with Crippen molar-refractivity contribution in [3.8, 4) is 11.5 Å². The molecule has 0 saturated carbocycles. The molecule has 2 fully saturated rings. The second-order valence-corrected chi connectivity index (χ2v) is 8.99. The van der Waals surface area contributed by atoms with Crippen LogP contribution in [0.25, 0.3) is 0 Å². The summed E-state index contributed by atoms with van der Waals surface area (Å²) in [6.45, 7) is 2.60. The molecule has 2 atom stereocenters. The summed E-state index contributed by atoms with van der Waals surface area (Å²) in [6, 6.07) is 20.5. The lowest BCUT2D eigenvalue weighted by Gasteiger charge is -2.37. The van der Waals surface area contributed by atoms with Crippen LogP contribution in [0.4, 0.5) is 11.5 Å². The number of nitrogens with zero attached hydrogens (tertiary/aromatic N) is 4. The van der Waals surface area contributed by atoms with E-state index in [0.717, 1.165) is 22.8 Å². The van der Waals surface area contributed by atoms with E-state index in [1.54, 1.807) is 25.3 Å². The third kappa shape index (κ3) is 4.58. The molecule has 8 nitrogen and oxygen atoms in total. The smallest absolute Gasteiger partial charge is 0.228 e. The standard InChI is InChI=1S/C28H30N4O4/c1-35-22-10-6-20(7-11-22)27-24(19-26(33)32(27)21-8-12-23(36-2)13-9-21)28(34)31-17-15-30(16-18-31)25-5-3-4-14-29-25/h3-14,24,27H,15-19H2,1-2H3/t24-,27+/m1/s1. The van der Waals surface area contributed by atoms with Gasteiger partial charge in [0.2, 0.25) is 11.8 Å². The maximum atomic E-state index is 13.8. The van der Waals surface area contributed by atoms with E-state index in [4.69, 9.17) is 9.47 Å². The maximum Gasteiger partial charge on any atom is 0.228 e. The Labute approximate surface area is 211 Å². The SMILES string of the molecule is COc1ccc([C@H]2[C@H](C(=O)N3CCN(c4ccccn4)CC3)CC(=O)N2c2ccc(OC)cc2)cc1. The van der Waals surface area contributed by atoms with E-state index >= 15 is 0 Å². The lowest BCUT2D eigenvalue weighted by Crippen LogP contribution is -2.51. The van der Waals surface area contributed by atoms with E-state index in [2.05, 4.69) is 9.88 Å². The van der Waals surface area contributed by atoms with Gasteiger partial charge >= 0.3 is 0 Å². The maximum absolute atomic E-state index is 13.8. The number of amides is 2. The molecule has 36 heavy (non-hydrogen) atoms. The topological polar surface area (TPSA) is 75.2 Å². The monoisotopic (exact) mass is 486 g/mol. The molecule has 2 saturated heterocycles. The van der Waals surface area contributed by atoms with Crippen molar-refractivity contribution in [2.75, 3.05) is 50.2 Å². The van der Waals surface area contributed by atoms with Gasteiger partial charge in [-0.05, 0) is 54.1 Å². The van der Waals surface area contributed by atoms with Gasteiger partial charge in [-0.1, -0.05) is 18.2 Å². The van der Waals surface area contributed by atoms with Crippen LogP contribution >= 0.6 is 0 Å². The molecule has 2 aromatic carbocycles. The number of benzene rings is 2. The summed E-state index contributed by atoms with van der Waals surface area (Å²) in [5.41, 5.74) is 1.65. The molecule has 0 bridgehead atoms. The molecule has 3 aromatic rings. The van der Waals surface area contributed by atoms with Crippen LogP contribution < -0.4 is 19.3 Å². The van der Waals surface area contributed by atoms with Gasteiger partial charge in [-0.25, -0.2) is 4.98 Å². The Kier molecular flexibility index (Phi) is 6.75. The summed E-state index contributed by atoms with van der Waals surface area (Å²) in [5.74, 6) is 1.83. The average Bonchev–Trinajstić information content (AvgIpc) is 3.30. The Morgan fingerprint density at radius 1 is 0.861 bits per heavy atom.